The number of nitrogens with zero attached hydrogens (tertiary/aromatic N) is 3. The van der Waals surface area contributed by atoms with Crippen LogP contribution in [0.15, 0.2) is 143 Å². The van der Waals surface area contributed by atoms with Crippen molar-refractivity contribution in [3.8, 4) is 11.4 Å². The third-order valence-corrected chi connectivity index (χ3v) is 8.83. The molecule has 3 aromatic heterocycles. The molecule has 49 heavy (non-hydrogen) atoms. The Morgan fingerprint density at radius 3 is 1.90 bits per heavy atom. The van der Waals surface area contributed by atoms with Gasteiger partial charge in [0.1, 0.15) is 0 Å². The van der Waals surface area contributed by atoms with Gasteiger partial charge in [0, 0.05) is 52.6 Å². The molecule has 1 fully saturated rings. The maximum Gasteiger partial charge on any atom is 0.339 e. The van der Waals surface area contributed by atoms with E-state index < -0.39 is 0 Å². The Bertz CT molecular complexity index is 2430. The fraction of sp³-hybridized carbons (Fsp3) is 0.122. The molecule has 1 aliphatic carbocycles. The molecular weight excluding hydrogens is 612 g/mol. The molecule has 8 nitrogen and oxygen atoms in total. The van der Waals surface area contributed by atoms with Crippen LogP contribution in [-0.2, 0) is 11.2 Å². The monoisotopic (exact) mass is 646 g/mol. The van der Waals surface area contributed by atoms with Crippen molar-refractivity contribution in [3.05, 3.63) is 177 Å². The van der Waals surface area contributed by atoms with Gasteiger partial charge < -0.3 is 10.5 Å². The Balaban J connectivity index is 0.000000178. The van der Waals surface area contributed by atoms with Crippen LogP contribution in [-0.4, -0.2) is 27.2 Å². The van der Waals surface area contributed by atoms with E-state index in [1.807, 2.05) is 115 Å². The highest BCUT2D eigenvalue weighted by molar-refractivity contribution is 5.92. The van der Waals surface area contributed by atoms with Gasteiger partial charge in [0.25, 0.3) is 11.1 Å². The quantitative estimate of drug-likeness (QED) is 0.151. The second kappa shape index (κ2) is 13.4. The van der Waals surface area contributed by atoms with Gasteiger partial charge >= 0.3 is 5.97 Å². The Labute approximate surface area is 282 Å². The molecule has 7 aromatic rings. The fourth-order valence-corrected chi connectivity index (χ4v) is 6.23. The Morgan fingerprint density at radius 1 is 0.735 bits per heavy atom. The van der Waals surface area contributed by atoms with E-state index >= 15 is 0 Å². The lowest BCUT2D eigenvalue weighted by Gasteiger charge is -2.14. The molecule has 242 valence electrons. The van der Waals surface area contributed by atoms with Crippen LogP contribution in [0.4, 0.5) is 5.69 Å². The van der Waals surface area contributed by atoms with Gasteiger partial charge in [-0.2, -0.15) is 0 Å². The first kappa shape index (κ1) is 31.3. The summed E-state index contributed by atoms with van der Waals surface area (Å²) < 4.78 is 8.41. The van der Waals surface area contributed by atoms with Crippen molar-refractivity contribution >= 4 is 33.5 Å². The van der Waals surface area contributed by atoms with Crippen molar-refractivity contribution in [1.82, 2.24) is 14.1 Å². The summed E-state index contributed by atoms with van der Waals surface area (Å²) in [6, 6.07) is 39.3. The number of para-hydroxylation sites is 2. The summed E-state index contributed by atoms with van der Waals surface area (Å²) in [5.41, 5.74) is 13.1. The normalized spacial score (nSPS) is 12.3. The number of fused-ring (bicyclic) bond motifs is 2. The number of anilines is 1. The van der Waals surface area contributed by atoms with Crippen LogP contribution in [0, 0.1) is 0 Å². The molecule has 4 aromatic carbocycles. The van der Waals surface area contributed by atoms with Crippen LogP contribution in [0.3, 0.4) is 0 Å². The Kier molecular flexibility index (Phi) is 8.60. The van der Waals surface area contributed by atoms with Gasteiger partial charge in [0.2, 0.25) is 0 Å². The SMILES string of the molecule is COC(=O)c1cc(C2CC2)cnc1Cc1cccc2c1ccc(=O)n2-c1ccccc1.Nc1cccc2c1ccc(=O)n2-c1ccccc1. The van der Waals surface area contributed by atoms with Gasteiger partial charge in [-0.15, -0.1) is 0 Å². The van der Waals surface area contributed by atoms with E-state index in [4.69, 9.17) is 10.5 Å². The van der Waals surface area contributed by atoms with Gasteiger partial charge in [0.05, 0.1) is 29.4 Å². The zero-order chi connectivity index (χ0) is 33.9. The molecule has 1 aliphatic rings. The maximum atomic E-state index is 12.7. The molecular formula is C41H34N4O4. The molecule has 0 saturated heterocycles. The van der Waals surface area contributed by atoms with E-state index in [0.717, 1.165) is 57.1 Å². The van der Waals surface area contributed by atoms with Crippen molar-refractivity contribution in [1.29, 1.82) is 0 Å². The van der Waals surface area contributed by atoms with Crippen molar-refractivity contribution < 1.29 is 9.53 Å². The molecule has 0 radical (unpaired) electrons. The summed E-state index contributed by atoms with van der Waals surface area (Å²) in [5.74, 6) is 0.134. The first-order chi connectivity index (χ1) is 23.9. The number of benzene rings is 4. The second-order valence-corrected chi connectivity index (χ2v) is 12.0. The Morgan fingerprint density at radius 2 is 1.31 bits per heavy atom. The molecule has 0 unspecified atom stereocenters. The van der Waals surface area contributed by atoms with Crippen LogP contribution in [0.2, 0.25) is 0 Å². The summed E-state index contributed by atoms with van der Waals surface area (Å²) in [7, 11) is 1.40. The van der Waals surface area contributed by atoms with Crippen LogP contribution < -0.4 is 16.9 Å². The van der Waals surface area contributed by atoms with Crippen molar-refractivity contribution in [3.63, 3.8) is 0 Å². The number of rotatable bonds is 6. The molecule has 0 amide bonds. The molecule has 2 N–H and O–H groups in total. The van der Waals surface area contributed by atoms with Gasteiger partial charge in [-0.05, 0) is 90.6 Å². The largest absolute Gasteiger partial charge is 0.465 e. The maximum absolute atomic E-state index is 12.7. The molecule has 3 heterocycles. The topological polar surface area (TPSA) is 109 Å². The van der Waals surface area contributed by atoms with Crippen molar-refractivity contribution in [2.75, 3.05) is 12.8 Å². The summed E-state index contributed by atoms with van der Waals surface area (Å²) in [4.78, 5) is 41.8. The number of carbonyl (C=O) groups excluding carboxylic acids is 1. The zero-order valence-electron chi connectivity index (χ0n) is 27.0. The number of esters is 1. The predicted molar refractivity (Wildman–Crippen MR) is 194 cm³/mol. The standard InChI is InChI=1S/C26H22N2O3.C15H12N2O/c1-31-26(30)22-14-19(17-10-11-17)16-27-23(22)15-18-6-5-9-24-21(18)12-13-25(29)28(24)20-7-3-2-4-8-20;16-13-7-4-8-14-12(13)9-10-15(18)17(14)11-5-2-1-3-6-11/h2-9,12-14,16-17H,10-11,15H2,1H3;1-10H,16H2. The minimum atomic E-state index is -0.369. The molecule has 0 aliphatic heterocycles. The number of methoxy groups -OCH3 is 1. The van der Waals surface area contributed by atoms with E-state index in [0.29, 0.717) is 29.3 Å². The molecule has 8 rings (SSSR count). The number of aromatic nitrogens is 3. The summed E-state index contributed by atoms with van der Waals surface area (Å²) in [5, 5.41) is 1.84. The zero-order valence-corrected chi connectivity index (χ0v) is 27.0. The number of pyridine rings is 3. The lowest BCUT2D eigenvalue weighted by atomic mass is 9.99. The minimum Gasteiger partial charge on any atom is -0.465 e. The third kappa shape index (κ3) is 6.36. The van der Waals surface area contributed by atoms with Gasteiger partial charge in [-0.3, -0.25) is 23.7 Å². The minimum absolute atomic E-state index is 0.0562. The highest BCUT2D eigenvalue weighted by Crippen LogP contribution is 2.40. The smallest absolute Gasteiger partial charge is 0.339 e. The molecule has 0 spiro atoms. The van der Waals surface area contributed by atoms with E-state index in [2.05, 4.69) is 4.98 Å². The summed E-state index contributed by atoms with van der Waals surface area (Å²) >= 11 is 0. The number of hydrogen-bond acceptors (Lipinski definition) is 6. The first-order valence-electron chi connectivity index (χ1n) is 16.1. The average molecular weight is 647 g/mol. The highest BCUT2D eigenvalue weighted by Gasteiger charge is 2.26. The van der Waals surface area contributed by atoms with Crippen LogP contribution >= 0.6 is 0 Å². The van der Waals surface area contributed by atoms with Gasteiger partial charge in [-0.25, -0.2) is 4.79 Å². The van der Waals surface area contributed by atoms with Crippen LogP contribution in [0.1, 0.15) is 45.9 Å². The average Bonchev–Trinajstić information content (AvgIpc) is 3.99. The van der Waals surface area contributed by atoms with E-state index in [1.165, 1.54) is 7.11 Å². The van der Waals surface area contributed by atoms with Crippen molar-refractivity contribution in [2.24, 2.45) is 0 Å². The summed E-state index contributed by atoms with van der Waals surface area (Å²) in [6.07, 6.45) is 4.63. The molecule has 1 saturated carbocycles. The molecule has 0 bridgehead atoms. The van der Waals surface area contributed by atoms with E-state index in [-0.39, 0.29) is 17.1 Å². The number of nitrogens with two attached hydrogens (primary N) is 1. The van der Waals surface area contributed by atoms with Gasteiger partial charge in [0.15, 0.2) is 0 Å². The Hall–Kier alpha value is -6.28. The van der Waals surface area contributed by atoms with Crippen LogP contribution in [0.25, 0.3) is 33.2 Å². The molecule has 0 atom stereocenters. The lowest BCUT2D eigenvalue weighted by molar-refractivity contribution is 0.0599. The van der Waals surface area contributed by atoms with Crippen molar-refractivity contribution in [2.45, 2.75) is 25.2 Å². The lowest BCUT2D eigenvalue weighted by Crippen LogP contribution is -2.17. The molecule has 8 heteroatoms. The van der Waals surface area contributed by atoms with Crippen LogP contribution in [0.5, 0.6) is 0 Å². The summed E-state index contributed by atoms with van der Waals surface area (Å²) in [6.45, 7) is 0. The highest BCUT2D eigenvalue weighted by atomic mass is 16.5. The number of nitrogen functional groups attached to an aromatic ring is 1. The predicted octanol–water partition coefficient (Wildman–Crippen LogP) is 7.21. The number of ether oxygens (including phenoxy) is 1. The van der Waals surface area contributed by atoms with Gasteiger partial charge in [-0.1, -0.05) is 54.6 Å². The number of carbonyl (C=O) groups is 1. The fourth-order valence-electron chi connectivity index (χ4n) is 6.23. The third-order valence-electron chi connectivity index (χ3n) is 8.83. The van der Waals surface area contributed by atoms with E-state index in [9.17, 15) is 14.4 Å². The van der Waals surface area contributed by atoms with E-state index in [1.54, 1.807) is 27.3 Å². The second-order valence-electron chi connectivity index (χ2n) is 12.0. The first-order valence-corrected chi connectivity index (χ1v) is 16.1. The number of hydrogen-bond donors (Lipinski definition) is 1.